The molecule has 6 nitrogen and oxygen atoms in total. The minimum Gasteiger partial charge on any atom is -0.497 e. The average molecular weight is 305 g/mol. The molecule has 0 saturated carbocycles. The molecule has 1 aromatic carbocycles. The number of benzene rings is 1. The number of aliphatic hydroxyl groups excluding tert-OH is 1. The molecule has 0 spiro atoms. The first-order chi connectivity index (χ1) is 10.7. The van der Waals surface area contributed by atoms with E-state index in [4.69, 9.17) is 14.3 Å². The van der Waals surface area contributed by atoms with Crippen LogP contribution in [0.5, 0.6) is 11.5 Å². The van der Waals surface area contributed by atoms with E-state index < -0.39 is 0 Å². The molecule has 22 heavy (non-hydrogen) atoms. The van der Waals surface area contributed by atoms with Crippen LogP contribution in [0.3, 0.4) is 0 Å². The Morgan fingerprint density at radius 3 is 2.55 bits per heavy atom. The summed E-state index contributed by atoms with van der Waals surface area (Å²) >= 11 is 0. The molecule has 0 aliphatic heterocycles. The Labute approximate surface area is 128 Å². The molecule has 0 radical (unpaired) electrons. The van der Waals surface area contributed by atoms with E-state index in [1.54, 1.807) is 7.11 Å². The first-order valence-corrected chi connectivity index (χ1v) is 6.93. The van der Waals surface area contributed by atoms with Gasteiger partial charge in [-0.1, -0.05) is 12.1 Å². The first kappa shape index (κ1) is 15.9. The van der Waals surface area contributed by atoms with Crippen LogP contribution in [0.4, 0.5) is 0 Å². The molecule has 2 rings (SSSR count). The molecule has 1 heterocycles. The zero-order valence-corrected chi connectivity index (χ0v) is 12.6. The van der Waals surface area contributed by atoms with Crippen molar-refractivity contribution < 1.29 is 19.4 Å². The van der Waals surface area contributed by atoms with E-state index in [2.05, 4.69) is 0 Å². The lowest BCUT2D eigenvalue weighted by Crippen LogP contribution is -2.20. The Morgan fingerprint density at radius 1 is 1.23 bits per heavy atom. The zero-order valence-electron chi connectivity index (χ0n) is 12.6. The van der Waals surface area contributed by atoms with Crippen molar-refractivity contribution in [3.05, 3.63) is 58.0 Å². The van der Waals surface area contributed by atoms with Crippen LogP contribution >= 0.6 is 0 Å². The summed E-state index contributed by atoms with van der Waals surface area (Å²) in [7, 11) is 1.60. The van der Waals surface area contributed by atoms with Gasteiger partial charge in [0, 0.05) is 6.07 Å². The van der Waals surface area contributed by atoms with Crippen LogP contribution in [0.1, 0.15) is 18.2 Å². The minimum absolute atomic E-state index is 0.168. The molecular formula is C16H19NO5. The van der Waals surface area contributed by atoms with Crippen molar-refractivity contribution in [2.75, 3.05) is 13.7 Å². The highest BCUT2D eigenvalue weighted by Crippen LogP contribution is 2.13. The van der Waals surface area contributed by atoms with E-state index in [1.807, 2.05) is 31.2 Å². The standard InChI is InChI=1S/C16H19NO5/c1-3-22-17-9-16(15(19)8-13(17)10-18)21-11-12-4-6-14(20-2)7-5-12/h4-9,18H,3,10-11H2,1-2H3. The summed E-state index contributed by atoms with van der Waals surface area (Å²) in [5.41, 5.74) is 0.992. The fraction of sp³-hybridized carbons (Fsp3) is 0.312. The zero-order chi connectivity index (χ0) is 15.9. The minimum atomic E-state index is -0.298. The van der Waals surface area contributed by atoms with Crippen molar-refractivity contribution in [2.24, 2.45) is 0 Å². The Bertz CT molecular complexity index is 663. The van der Waals surface area contributed by atoms with Crippen molar-refractivity contribution in [1.29, 1.82) is 0 Å². The third-order valence-corrected chi connectivity index (χ3v) is 3.04. The van der Waals surface area contributed by atoms with Gasteiger partial charge >= 0.3 is 0 Å². The molecule has 118 valence electrons. The predicted molar refractivity (Wildman–Crippen MR) is 81.1 cm³/mol. The summed E-state index contributed by atoms with van der Waals surface area (Å²) in [6, 6.07) is 8.68. The maximum Gasteiger partial charge on any atom is 0.224 e. The van der Waals surface area contributed by atoms with E-state index in [0.29, 0.717) is 12.3 Å². The summed E-state index contributed by atoms with van der Waals surface area (Å²) in [4.78, 5) is 17.3. The van der Waals surface area contributed by atoms with Gasteiger partial charge in [-0.15, -0.1) is 0 Å². The van der Waals surface area contributed by atoms with E-state index in [9.17, 15) is 9.90 Å². The largest absolute Gasteiger partial charge is 0.497 e. The number of aromatic nitrogens is 1. The Hall–Kier alpha value is -2.47. The number of hydrogen-bond donors (Lipinski definition) is 1. The Morgan fingerprint density at radius 2 is 1.95 bits per heavy atom. The molecule has 0 unspecified atom stereocenters. The van der Waals surface area contributed by atoms with Crippen molar-refractivity contribution >= 4 is 0 Å². The van der Waals surface area contributed by atoms with Gasteiger partial charge in [0.15, 0.2) is 5.75 Å². The fourth-order valence-electron chi connectivity index (χ4n) is 1.90. The molecule has 0 atom stereocenters. The number of rotatable bonds is 7. The fourth-order valence-corrected chi connectivity index (χ4v) is 1.90. The number of hydrogen-bond acceptors (Lipinski definition) is 5. The van der Waals surface area contributed by atoms with Gasteiger partial charge in [0.1, 0.15) is 19.0 Å². The first-order valence-electron chi connectivity index (χ1n) is 6.93. The second-order valence-electron chi connectivity index (χ2n) is 4.53. The molecule has 0 aliphatic rings. The summed E-state index contributed by atoms with van der Waals surface area (Å²) in [5, 5.41) is 9.23. The number of ether oxygens (including phenoxy) is 2. The topological polar surface area (TPSA) is 69.9 Å². The Balaban J connectivity index is 2.14. The highest BCUT2D eigenvalue weighted by Gasteiger charge is 2.08. The van der Waals surface area contributed by atoms with Crippen LogP contribution in [-0.4, -0.2) is 23.6 Å². The highest BCUT2D eigenvalue weighted by molar-refractivity contribution is 5.27. The normalized spacial score (nSPS) is 10.3. The molecule has 1 aromatic heterocycles. The third-order valence-electron chi connectivity index (χ3n) is 3.04. The lowest BCUT2D eigenvalue weighted by molar-refractivity contribution is 0.0979. The summed E-state index contributed by atoms with van der Waals surface area (Å²) < 4.78 is 12.0. The quantitative estimate of drug-likeness (QED) is 0.837. The lowest BCUT2D eigenvalue weighted by Gasteiger charge is -2.14. The maximum absolute atomic E-state index is 12.0. The van der Waals surface area contributed by atoms with Crippen molar-refractivity contribution in [3.63, 3.8) is 0 Å². The smallest absolute Gasteiger partial charge is 0.224 e. The molecule has 0 saturated heterocycles. The molecule has 6 heteroatoms. The summed E-state index contributed by atoms with van der Waals surface area (Å²) in [6.45, 7) is 2.20. The second-order valence-corrected chi connectivity index (χ2v) is 4.53. The van der Waals surface area contributed by atoms with Gasteiger partial charge in [0.25, 0.3) is 0 Å². The summed E-state index contributed by atoms with van der Waals surface area (Å²) in [6.07, 6.45) is 1.45. The number of pyridine rings is 1. The van der Waals surface area contributed by atoms with Gasteiger partial charge in [0.2, 0.25) is 5.43 Å². The molecule has 1 N–H and O–H groups in total. The predicted octanol–water partition coefficient (Wildman–Crippen LogP) is 1.38. The number of aliphatic hydroxyl groups is 1. The number of nitrogens with zero attached hydrogens (tertiary/aromatic N) is 1. The van der Waals surface area contributed by atoms with Gasteiger partial charge < -0.3 is 19.4 Å². The second kappa shape index (κ2) is 7.51. The lowest BCUT2D eigenvalue weighted by atomic mass is 10.2. The van der Waals surface area contributed by atoms with Gasteiger partial charge in [0.05, 0.1) is 25.6 Å². The van der Waals surface area contributed by atoms with Crippen molar-refractivity contribution in [1.82, 2.24) is 4.73 Å². The monoisotopic (exact) mass is 305 g/mol. The SMILES string of the molecule is CCOn1cc(OCc2ccc(OC)cc2)c(=O)cc1CO. The third kappa shape index (κ3) is 3.79. The molecule has 2 aromatic rings. The van der Waals surface area contributed by atoms with Crippen molar-refractivity contribution in [2.45, 2.75) is 20.1 Å². The van der Waals surface area contributed by atoms with E-state index in [1.165, 1.54) is 17.0 Å². The molecular weight excluding hydrogens is 286 g/mol. The van der Waals surface area contributed by atoms with E-state index >= 15 is 0 Å². The van der Waals surface area contributed by atoms with Crippen LogP contribution in [0.2, 0.25) is 0 Å². The average Bonchev–Trinajstić information content (AvgIpc) is 2.55. The molecule has 0 amide bonds. The van der Waals surface area contributed by atoms with Crippen LogP contribution in [-0.2, 0) is 13.2 Å². The van der Waals surface area contributed by atoms with Gasteiger partial charge in [-0.2, -0.15) is 4.73 Å². The van der Waals surface area contributed by atoms with E-state index in [0.717, 1.165) is 11.3 Å². The van der Waals surface area contributed by atoms with Crippen LogP contribution in [0.25, 0.3) is 0 Å². The van der Waals surface area contributed by atoms with Crippen molar-refractivity contribution in [3.8, 4) is 11.5 Å². The van der Waals surface area contributed by atoms with Gasteiger partial charge in [-0.3, -0.25) is 4.79 Å². The highest BCUT2D eigenvalue weighted by atomic mass is 16.7. The van der Waals surface area contributed by atoms with Crippen LogP contribution < -0.4 is 19.7 Å². The van der Waals surface area contributed by atoms with E-state index in [-0.39, 0.29) is 24.4 Å². The van der Waals surface area contributed by atoms with Crippen LogP contribution in [0.15, 0.2) is 41.3 Å². The van der Waals surface area contributed by atoms with Gasteiger partial charge in [-0.25, -0.2) is 0 Å². The van der Waals surface area contributed by atoms with Gasteiger partial charge in [-0.05, 0) is 24.6 Å². The summed E-state index contributed by atoms with van der Waals surface area (Å²) in [5.74, 6) is 0.927. The van der Waals surface area contributed by atoms with Crippen LogP contribution in [0, 0.1) is 0 Å². The Kier molecular flexibility index (Phi) is 5.43. The maximum atomic E-state index is 12.0. The number of methoxy groups -OCH3 is 1. The molecule has 0 aliphatic carbocycles. The molecule has 0 bridgehead atoms. The molecule has 0 fully saturated rings.